The highest BCUT2D eigenvalue weighted by atomic mass is 16.2. The molecule has 0 saturated carbocycles. The summed E-state index contributed by atoms with van der Waals surface area (Å²) < 4.78 is 1.43. The number of hydrogen-bond acceptors (Lipinski definition) is 6. The number of para-hydroxylation sites is 1. The topological polar surface area (TPSA) is 118 Å². The van der Waals surface area contributed by atoms with E-state index >= 15 is 0 Å². The van der Waals surface area contributed by atoms with Crippen molar-refractivity contribution < 1.29 is 4.79 Å². The Bertz CT molecular complexity index is 1200. The minimum atomic E-state index is -0.303. The molecule has 1 aromatic carbocycles. The number of hydrogen-bond donors (Lipinski definition) is 2. The lowest BCUT2D eigenvalue weighted by Crippen LogP contribution is -2.24. The van der Waals surface area contributed by atoms with Gasteiger partial charge in [0.15, 0.2) is 5.82 Å². The van der Waals surface area contributed by atoms with Gasteiger partial charge in [-0.15, -0.1) is 5.10 Å². The number of aromatic nitrogens is 6. The van der Waals surface area contributed by atoms with E-state index in [1.165, 1.54) is 10.9 Å². The van der Waals surface area contributed by atoms with Crippen molar-refractivity contribution >= 4 is 22.8 Å². The fraction of sp³-hybridized carbons (Fsp3) is 0.158. The summed E-state index contributed by atoms with van der Waals surface area (Å²) in [6, 6.07) is 10.9. The molecule has 0 bridgehead atoms. The van der Waals surface area contributed by atoms with E-state index in [0.29, 0.717) is 22.4 Å². The molecule has 0 atom stereocenters. The monoisotopic (exact) mass is 375 g/mol. The maximum atomic E-state index is 12.6. The summed E-state index contributed by atoms with van der Waals surface area (Å²) in [4.78, 5) is 37.5. The number of fused-ring (bicyclic) bond motifs is 1. The molecule has 0 fully saturated rings. The van der Waals surface area contributed by atoms with Crippen LogP contribution in [0.1, 0.15) is 12.0 Å². The number of pyridine rings is 1. The second kappa shape index (κ2) is 7.39. The van der Waals surface area contributed by atoms with E-state index in [4.69, 9.17) is 0 Å². The molecule has 4 rings (SSSR count). The fourth-order valence-electron chi connectivity index (χ4n) is 2.84. The molecule has 0 aliphatic heterocycles. The van der Waals surface area contributed by atoms with Crippen molar-refractivity contribution in [1.82, 2.24) is 29.7 Å². The second-order valence-corrected chi connectivity index (χ2v) is 6.23. The lowest BCUT2D eigenvalue weighted by Gasteiger charge is -2.07. The summed E-state index contributed by atoms with van der Waals surface area (Å²) in [5.41, 5.74) is 2.07. The minimum Gasteiger partial charge on any atom is -0.298 e. The molecule has 9 heteroatoms. The molecule has 0 unspecified atom stereocenters. The van der Waals surface area contributed by atoms with Gasteiger partial charge in [0, 0.05) is 19.2 Å². The molecule has 0 saturated heterocycles. The molecule has 2 N–H and O–H groups in total. The zero-order valence-corrected chi connectivity index (χ0v) is 15.1. The SMILES string of the molecule is Cc1cccc2c(=O)n(CCC(=O)Nc3n[nH]c(-c4ccccn4)n3)cnc12. The smallest absolute Gasteiger partial charge is 0.261 e. The molecule has 4 aromatic rings. The minimum absolute atomic E-state index is 0.0897. The Morgan fingerprint density at radius 3 is 2.89 bits per heavy atom. The highest BCUT2D eigenvalue weighted by Gasteiger charge is 2.11. The largest absolute Gasteiger partial charge is 0.298 e. The third kappa shape index (κ3) is 3.50. The Kier molecular flexibility index (Phi) is 4.63. The van der Waals surface area contributed by atoms with Gasteiger partial charge in [-0.25, -0.2) is 4.98 Å². The summed E-state index contributed by atoms with van der Waals surface area (Å²) in [5.74, 6) is 0.314. The molecule has 0 radical (unpaired) electrons. The van der Waals surface area contributed by atoms with E-state index in [1.54, 1.807) is 24.4 Å². The van der Waals surface area contributed by atoms with Crippen LogP contribution in [0.5, 0.6) is 0 Å². The van der Waals surface area contributed by atoms with Gasteiger partial charge in [0.1, 0.15) is 5.69 Å². The van der Waals surface area contributed by atoms with Gasteiger partial charge >= 0.3 is 0 Å². The second-order valence-electron chi connectivity index (χ2n) is 6.23. The summed E-state index contributed by atoms with van der Waals surface area (Å²) in [6.07, 6.45) is 3.20. The molecule has 140 valence electrons. The molecule has 28 heavy (non-hydrogen) atoms. The average Bonchev–Trinajstić information content (AvgIpc) is 3.17. The van der Waals surface area contributed by atoms with Crippen molar-refractivity contribution in [2.24, 2.45) is 0 Å². The van der Waals surface area contributed by atoms with Gasteiger partial charge in [-0.05, 0) is 30.7 Å². The van der Waals surface area contributed by atoms with Crippen LogP contribution in [0, 0.1) is 6.92 Å². The number of benzene rings is 1. The number of aryl methyl sites for hydroxylation is 2. The molecule has 0 spiro atoms. The van der Waals surface area contributed by atoms with E-state index < -0.39 is 0 Å². The van der Waals surface area contributed by atoms with Crippen molar-refractivity contribution in [2.75, 3.05) is 5.32 Å². The van der Waals surface area contributed by atoms with E-state index in [2.05, 4.69) is 30.5 Å². The zero-order valence-electron chi connectivity index (χ0n) is 15.1. The Balaban J connectivity index is 1.43. The Morgan fingerprint density at radius 1 is 1.18 bits per heavy atom. The maximum absolute atomic E-state index is 12.6. The molecular weight excluding hydrogens is 358 g/mol. The van der Waals surface area contributed by atoms with Gasteiger partial charge in [-0.3, -0.25) is 29.6 Å². The van der Waals surface area contributed by atoms with Crippen LogP contribution in [0.3, 0.4) is 0 Å². The molecule has 0 aliphatic rings. The first-order valence-corrected chi connectivity index (χ1v) is 8.70. The van der Waals surface area contributed by atoms with E-state index in [1.807, 2.05) is 25.1 Å². The number of anilines is 1. The molecule has 0 aliphatic carbocycles. The standard InChI is InChI=1S/C19H17N7O2/c1-12-5-4-6-13-16(12)21-11-26(18(13)28)10-8-15(27)22-19-23-17(24-25-19)14-7-2-3-9-20-14/h2-7,9,11H,8,10H2,1H3,(H2,22,23,24,25,27). The van der Waals surface area contributed by atoms with Crippen LogP contribution in [-0.4, -0.2) is 35.6 Å². The van der Waals surface area contributed by atoms with Crippen LogP contribution in [0.25, 0.3) is 22.4 Å². The van der Waals surface area contributed by atoms with E-state index in [-0.39, 0.29) is 30.4 Å². The lowest BCUT2D eigenvalue weighted by molar-refractivity contribution is -0.116. The van der Waals surface area contributed by atoms with E-state index in [9.17, 15) is 9.59 Å². The summed E-state index contributed by atoms with van der Waals surface area (Å²) in [5, 5.41) is 9.85. The summed E-state index contributed by atoms with van der Waals surface area (Å²) >= 11 is 0. The first-order chi connectivity index (χ1) is 13.6. The molecule has 3 aromatic heterocycles. The number of H-pyrrole nitrogens is 1. The number of nitrogens with zero attached hydrogens (tertiary/aromatic N) is 5. The van der Waals surface area contributed by atoms with Crippen LogP contribution in [-0.2, 0) is 11.3 Å². The van der Waals surface area contributed by atoms with Crippen molar-refractivity contribution in [1.29, 1.82) is 0 Å². The van der Waals surface area contributed by atoms with Gasteiger partial charge in [-0.2, -0.15) is 4.98 Å². The Hall–Kier alpha value is -3.88. The predicted octanol–water partition coefficient (Wildman–Crippen LogP) is 1.91. The van der Waals surface area contributed by atoms with E-state index in [0.717, 1.165) is 5.56 Å². The number of amides is 1. The van der Waals surface area contributed by atoms with Gasteiger partial charge < -0.3 is 0 Å². The number of aromatic amines is 1. The predicted molar refractivity (Wildman–Crippen MR) is 104 cm³/mol. The number of rotatable bonds is 5. The summed E-state index contributed by atoms with van der Waals surface area (Å²) in [6.45, 7) is 2.11. The fourth-order valence-corrected chi connectivity index (χ4v) is 2.84. The number of nitrogens with one attached hydrogen (secondary N) is 2. The lowest BCUT2D eigenvalue weighted by atomic mass is 10.1. The van der Waals surface area contributed by atoms with Crippen molar-refractivity contribution in [2.45, 2.75) is 19.9 Å². The normalized spacial score (nSPS) is 10.9. The summed E-state index contributed by atoms with van der Waals surface area (Å²) in [7, 11) is 0. The number of carbonyl (C=O) groups excluding carboxylic acids is 1. The molecule has 9 nitrogen and oxygen atoms in total. The number of carbonyl (C=O) groups is 1. The Morgan fingerprint density at radius 2 is 2.07 bits per heavy atom. The van der Waals surface area contributed by atoms with Crippen LogP contribution in [0.2, 0.25) is 0 Å². The zero-order chi connectivity index (χ0) is 19.5. The van der Waals surface area contributed by atoms with Crippen LogP contribution in [0.4, 0.5) is 5.95 Å². The molecule has 1 amide bonds. The van der Waals surface area contributed by atoms with Gasteiger partial charge in [-0.1, -0.05) is 18.2 Å². The molecular formula is C19H17N7O2. The van der Waals surface area contributed by atoms with Gasteiger partial charge in [0.05, 0.1) is 17.2 Å². The quantitative estimate of drug-likeness (QED) is 0.550. The van der Waals surface area contributed by atoms with Crippen LogP contribution < -0.4 is 10.9 Å². The van der Waals surface area contributed by atoms with Crippen molar-refractivity contribution in [3.8, 4) is 11.5 Å². The maximum Gasteiger partial charge on any atom is 0.261 e. The Labute approximate surface area is 159 Å². The van der Waals surface area contributed by atoms with Crippen LogP contribution >= 0.6 is 0 Å². The molecule has 3 heterocycles. The first kappa shape index (κ1) is 17.5. The average molecular weight is 375 g/mol. The first-order valence-electron chi connectivity index (χ1n) is 8.70. The highest BCUT2D eigenvalue weighted by molar-refractivity contribution is 5.89. The highest BCUT2D eigenvalue weighted by Crippen LogP contribution is 2.13. The third-order valence-electron chi connectivity index (χ3n) is 4.28. The van der Waals surface area contributed by atoms with Crippen molar-refractivity contribution in [3.05, 3.63) is 64.8 Å². The van der Waals surface area contributed by atoms with Crippen LogP contribution in [0.15, 0.2) is 53.7 Å². The van der Waals surface area contributed by atoms with Crippen molar-refractivity contribution in [3.63, 3.8) is 0 Å². The van der Waals surface area contributed by atoms with Gasteiger partial charge in [0.2, 0.25) is 11.9 Å². The van der Waals surface area contributed by atoms with Gasteiger partial charge in [0.25, 0.3) is 5.56 Å². The third-order valence-corrected chi connectivity index (χ3v) is 4.28.